The van der Waals surface area contributed by atoms with Gasteiger partial charge in [-0.15, -0.1) is 0 Å². The monoisotopic (exact) mass is 229 g/mol. The maximum Gasteiger partial charge on any atom is 0.0613 e. The number of hydrogen-bond donors (Lipinski definition) is 2. The van der Waals surface area contributed by atoms with E-state index < -0.39 is 0 Å². The highest BCUT2D eigenvalue weighted by Crippen LogP contribution is 2.23. The summed E-state index contributed by atoms with van der Waals surface area (Å²) in [7, 11) is 0. The Hall–Kier alpha value is -0.120. The van der Waals surface area contributed by atoms with Gasteiger partial charge < -0.3 is 15.2 Å². The number of nitrogens with one attached hydrogen (secondary N) is 1. The maximum atomic E-state index is 9.47. The molecule has 0 aromatic carbocycles. The molecule has 1 fully saturated rings. The Bertz CT molecular complexity index is 177. The van der Waals surface area contributed by atoms with Gasteiger partial charge in [0.2, 0.25) is 0 Å². The van der Waals surface area contributed by atoms with E-state index >= 15 is 0 Å². The molecule has 1 aliphatic carbocycles. The summed E-state index contributed by atoms with van der Waals surface area (Å²) in [6.07, 6.45) is 7.36. The van der Waals surface area contributed by atoms with Crippen LogP contribution >= 0.6 is 0 Å². The van der Waals surface area contributed by atoms with Gasteiger partial charge in [-0.3, -0.25) is 0 Å². The summed E-state index contributed by atoms with van der Waals surface area (Å²) in [5.41, 5.74) is -0.0856. The fourth-order valence-corrected chi connectivity index (χ4v) is 2.21. The Labute approximate surface area is 99.6 Å². The molecule has 3 heteroatoms. The van der Waals surface area contributed by atoms with E-state index in [9.17, 15) is 5.11 Å². The van der Waals surface area contributed by atoms with Crippen LogP contribution in [0.1, 0.15) is 52.4 Å². The summed E-state index contributed by atoms with van der Waals surface area (Å²) in [6.45, 7) is 6.20. The van der Waals surface area contributed by atoms with Crippen molar-refractivity contribution >= 4 is 0 Å². The van der Waals surface area contributed by atoms with Crippen molar-refractivity contribution in [2.75, 3.05) is 19.8 Å². The molecule has 1 atom stereocenters. The smallest absolute Gasteiger partial charge is 0.0613 e. The van der Waals surface area contributed by atoms with Crippen LogP contribution in [0.15, 0.2) is 0 Å². The van der Waals surface area contributed by atoms with E-state index in [0.717, 1.165) is 32.4 Å². The Morgan fingerprint density at radius 3 is 2.56 bits per heavy atom. The van der Waals surface area contributed by atoms with E-state index in [1.807, 2.05) is 0 Å². The first-order valence-corrected chi connectivity index (χ1v) is 6.74. The van der Waals surface area contributed by atoms with E-state index in [1.165, 1.54) is 19.3 Å². The number of rotatable bonds is 9. The Kier molecular flexibility index (Phi) is 6.32. The molecule has 0 aromatic heterocycles. The molecule has 0 bridgehead atoms. The first-order valence-electron chi connectivity index (χ1n) is 6.74. The molecule has 1 rings (SSSR count). The third kappa shape index (κ3) is 4.04. The largest absolute Gasteiger partial charge is 0.394 e. The lowest BCUT2D eigenvalue weighted by Crippen LogP contribution is -2.48. The summed E-state index contributed by atoms with van der Waals surface area (Å²) >= 11 is 0. The molecule has 96 valence electrons. The van der Waals surface area contributed by atoms with E-state index in [2.05, 4.69) is 19.2 Å². The molecule has 1 saturated carbocycles. The van der Waals surface area contributed by atoms with Crippen LogP contribution in [0.3, 0.4) is 0 Å². The van der Waals surface area contributed by atoms with Crippen LogP contribution in [-0.4, -0.2) is 36.5 Å². The highest BCUT2D eigenvalue weighted by atomic mass is 16.5. The molecule has 2 N–H and O–H groups in total. The fourth-order valence-electron chi connectivity index (χ4n) is 2.21. The number of aliphatic hydroxyl groups is 1. The SMILES string of the molecule is CCNC(CC)(CO)CCCOC1CCC1. The molecule has 0 aromatic rings. The van der Waals surface area contributed by atoms with E-state index in [1.54, 1.807) is 0 Å². The van der Waals surface area contributed by atoms with E-state index in [-0.39, 0.29) is 12.1 Å². The molecule has 1 aliphatic rings. The van der Waals surface area contributed by atoms with Crippen molar-refractivity contribution < 1.29 is 9.84 Å². The van der Waals surface area contributed by atoms with Crippen LogP contribution in [0.25, 0.3) is 0 Å². The zero-order valence-electron chi connectivity index (χ0n) is 10.8. The van der Waals surface area contributed by atoms with Gasteiger partial charge in [0.05, 0.1) is 12.7 Å². The van der Waals surface area contributed by atoms with Crippen molar-refractivity contribution in [3.8, 4) is 0 Å². The van der Waals surface area contributed by atoms with Crippen LogP contribution in [0.4, 0.5) is 0 Å². The average molecular weight is 229 g/mol. The highest BCUT2D eigenvalue weighted by molar-refractivity contribution is 4.85. The minimum Gasteiger partial charge on any atom is -0.394 e. The van der Waals surface area contributed by atoms with Crippen molar-refractivity contribution in [3.05, 3.63) is 0 Å². The van der Waals surface area contributed by atoms with Gasteiger partial charge in [0.1, 0.15) is 0 Å². The maximum absolute atomic E-state index is 9.47. The van der Waals surface area contributed by atoms with Crippen LogP contribution in [0.2, 0.25) is 0 Å². The van der Waals surface area contributed by atoms with Gasteiger partial charge in [-0.2, -0.15) is 0 Å². The quantitative estimate of drug-likeness (QED) is 0.595. The van der Waals surface area contributed by atoms with Crippen LogP contribution in [-0.2, 0) is 4.74 Å². The van der Waals surface area contributed by atoms with E-state index in [0.29, 0.717) is 6.10 Å². The molecule has 0 heterocycles. The highest BCUT2D eigenvalue weighted by Gasteiger charge is 2.25. The van der Waals surface area contributed by atoms with Gasteiger partial charge in [-0.1, -0.05) is 13.8 Å². The number of likely N-dealkylation sites (N-methyl/N-ethyl adjacent to an activating group) is 1. The molecule has 0 spiro atoms. The molecule has 0 aliphatic heterocycles. The topological polar surface area (TPSA) is 41.5 Å². The minimum atomic E-state index is -0.0856. The Balaban J connectivity index is 2.14. The molecule has 0 radical (unpaired) electrons. The Morgan fingerprint density at radius 1 is 1.38 bits per heavy atom. The number of hydrogen-bond acceptors (Lipinski definition) is 3. The predicted octanol–water partition coefficient (Wildman–Crippen LogP) is 2.09. The lowest BCUT2D eigenvalue weighted by atomic mass is 9.91. The molecular formula is C13H27NO2. The van der Waals surface area contributed by atoms with Gasteiger partial charge in [-0.05, 0) is 45.1 Å². The second-order valence-corrected chi connectivity index (χ2v) is 4.85. The normalized spacial score (nSPS) is 20.4. The number of ether oxygens (including phenoxy) is 1. The standard InChI is InChI=1S/C13H27NO2/c1-3-13(11-15,14-4-2)9-6-10-16-12-7-5-8-12/h12,14-15H,3-11H2,1-2H3. The summed E-state index contributed by atoms with van der Waals surface area (Å²) in [6, 6.07) is 0. The van der Waals surface area contributed by atoms with Gasteiger partial charge in [0.15, 0.2) is 0 Å². The van der Waals surface area contributed by atoms with Gasteiger partial charge >= 0.3 is 0 Å². The first kappa shape index (κ1) is 13.9. The first-order chi connectivity index (χ1) is 7.76. The zero-order valence-corrected chi connectivity index (χ0v) is 10.8. The van der Waals surface area contributed by atoms with Crippen LogP contribution in [0.5, 0.6) is 0 Å². The zero-order chi connectivity index (χ0) is 11.9. The van der Waals surface area contributed by atoms with Crippen molar-refractivity contribution in [2.24, 2.45) is 0 Å². The molecule has 3 nitrogen and oxygen atoms in total. The van der Waals surface area contributed by atoms with Gasteiger partial charge in [0, 0.05) is 12.1 Å². The lowest BCUT2D eigenvalue weighted by Gasteiger charge is -2.32. The van der Waals surface area contributed by atoms with E-state index in [4.69, 9.17) is 4.74 Å². The molecule has 0 amide bonds. The van der Waals surface area contributed by atoms with Gasteiger partial charge in [0.25, 0.3) is 0 Å². The molecule has 1 unspecified atom stereocenters. The van der Waals surface area contributed by atoms with Crippen molar-refractivity contribution in [3.63, 3.8) is 0 Å². The molecule has 0 saturated heterocycles. The third-order valence-corrected chi connectivity index (χ3v) is 3.74. The summed E-state index contributed by atoms with van der Waals surface area (Å²) in [5, 5.41) is 12.9. The summed E-state index contributed by atoms with van der Waals surface area (Å²) < 4.78 is 5.73. The van der Waals surface area contributed by atoms with Gasteiger partial charge in [-0.25, -0.2) is 0 Å². The summed E-state index contributed by atoms with van der Waals surface area (Å²) in [5.74, 6) is 0. The Morgan fingerprint density at radius 2 is 2.12 bits per heavy atom. The predicted molar refractivity (Wildman–Crippen MR) is 66.6 cm³/mol. The lowest BCUT2D eigenvalue weighted by molar-refractivity contribution is -0.00322. The van der Waals surface area contributed by atoms with Crippen LogP contribution in [0, 0.1) is 0 Å². The second-order valence-electron chi connectivity index (χ2n) is 4.85. The second kappa shape index (κ2) is 7.25. The fraction of sp³-hybridized carbons (Fsp3) is 1.00. The molecular weight excluding hydrogens is 202 g/mol. The number of aliphatic hydroxyl groups excluding tert-OH is 1. The summed E-state index contributed by atoms with van der Waals surface area (Å²) in [4.78, 5) is 0. The van der Waals surface area contributed by atoms with Crippen molar-refractivity contribution in [1.29, 1.82) is 0 Å². The third-order valence-electron chi connectivity index (χ3n) is 3.74. The average Bonchev–Trinajstić information content (AvgIpc) is 2.25. The minimum absolute atomic E-state index is 0.0856. The molecule has 16 heavy (non-hydrogen) atoms. The van der Waals surface area contributed by atoms with Crippen LogP contribution < -0.4 is 5.32 Å². The van der Waals surface area contributed by atoms with Crippen molar-refractivity contribution in [2.45, 2.75) is 64.0 Å². The van der Waals surface area contributed by atoms with Crippen molar-refractivity contribution in [1.82, 2.24) is 5.32 Å².